The lowest BCUT2D eigenvalue weighted by atomic mass is 9.65. The monoisotopic (exact) mass is 801 g/mol. The van der Waals surface area contributed by atoms with Gasteiger partial charge in [0.15, 0.2) is 0 Å². The first kappa shape index (κ1) is 51.1. The predicted octanol–water partition coefficient (Wildman–Crippen LogP) is 10.9. The van der Waals surface area contributed by atoms with Gasteiger partial charge in [-0.3, -0.25) is 9.59 Å². The van der Waals surface area contributed by atoms with Gasteiger partial charge >= 0.3 is 11.9 Å². The average molecular weight is 801 g/mol. The van der Waals surface area contributed by atoms with Gasteiger partial charge in [-0.05, 0) is 140 Å². The first-order valence-corrected chi connectivity index (χ1v) is 23.7. The highest BCUT2D eigenvalue weighted by Crippen LogP contribution is 2.45. The van der Waals surface area contributed by atoms with Crippen molar-refractivity contribution in [2.24, 2.45) is 29.1 Å². The summed E-state index contributed by atoms with van der Waals surface area (Å²) in [5, 5.41) is 38.1. The maximum absolute atomic E-state index is 13.1. The third-order valence-electron chi connectivity index (χ3n) is 12.8. The number of hydrogen-bond donors (Lipinski definition) is 5. The van der Waals surface area contributed by atoms with Crippen LogP contribution in [0.3, 0.4) is 0 Å². The molecule has 0 radical (unpaired) electrons. The van der Waals surface area contributed by atoms with E-state index in [1.807, 2.05) is 20.8 Å². The Labute approximate surface area is 349 Å². The Morgan fingerprint density at radius 1 is 0.825 bits per heavy atom. The molecule has 8 heteroatoms. The van der Waals surface area contributed by atoms with E-state index in [0.717, 1.165) is 45.2 Å². The minimum absolute atomic E-state index is 0.102. The minimum Gasteiger partial charge on any atom is -0.480 e. The number of aliphatic hydroxyl groups excluding tert-OH is 2. The van der Waals surface area contributed by atoms with Crippen molar-refractivity contribution in [3.63, 3.8) is 0 Å². The molecule has 0 heterocycles. The van der Waals surface area contributed by atoms with Gasteiger partial charge in [-0.2, -0.15) is 0 Å². The fourth-order valence-corrected chi connectivity index (χ4v) is 8.56. The molecule has 0 bridgehead atoms. The molecule has 57 heavy (non-hydrogen) atoms. The Hall–Kier alpha value is -2.00. The molecule has 0 aliphatic heterocycles. The number of carboxylic acids is 1. The van der Waals surface area contributed by atoms with Gasteiger partial charge in [-0.1, -0.05) is 122 Å². The number of aliphatic carboxylic acids is 1. The Morgan fingerprint density at radius 2 is 1.42 bits per heavy atom. The molecule has 0 aromatic carbocycles. The van der Waals surface area contributed by atoms with E-state index in [9.17, 15) is 24.9 Å². The first-order chi connectivity index (χ1) is 27.4. The molecule has 0 spiro atoms. The van der Waals surface area contributed by atoms with Gasteiger partial charge in [-0.25, -0.2) is 0 Å². The summed E-state index contributed by atoms with van der Waals surface area (Å²) in [6.45, 7) is 14.9. The van der Waals surface area contributed by atoms with Crippen LogP contribution in [0.25, 0.3) is 0 Å². The second kappa shape index (κ2) is 30.1. The number of rotatable bonds is 34. The molecule has 0 saturated carbocycles. The molecule has 3 unspecified atom stereocenters. The second-order valence-corrected chi connectivity index (χ2v) is 18.4. The number of nitrogens with one attached hydrogen (secondary N) is 2. The van der Waals surface area contributed by atoms with Crippen molar-refractivity contribution in [3.8, 4) is 0 Å². The normalized spacial score (nSPS) is 22.6. The van der Waals surface area contributed by atoms with Gasteiger partial charge < -0.3 is 30.7 Å². The summed E-state index contributed by atoms with van der Waals surface area (Å²) in [5.74, 6) is -0.0550. The fraction of sp³-hybridized carbons (Fsp3) is 0.837. The van der Waals surface area contributed by atoms with Gasteiger partial charge in [0.2, 0.25) is 0 Å². The number of hydrogen-bond acceptors (Lipinski definition) is 7. The second-order valence-electron chi connectivity index (χ2n) is 18.4. The van der Waals surface area contributed by atoms with E-state index in [2.05, 4.69) is 61.8 Å². The number of esters is 1. The van der Waals surface area contributed by atoms with Crippen LogP contribution in [0.2, 0.25) is 0 Å². The molecule has 0 aromatic heterocycles. The summed E-state index contributed by atoms with van der Waals surface area (Å²) in [5.41, 5.74) is 0.709. The molecule has 8 nitrogen and oxygen atoms in total. The van der Waals surface area contributed by atoms with E-state index in [-0.39, 0.29) is 36.2 Å². The van der Waals surface area contributed by atoms with Crippen LogP contribution < -0.4 is 10.6 Å². The van der Waals surface area contributed by atoms with Gasteiger partial charge in [-0.15, -0.1) is 0 Å². The molecule has 5 N–H and O–H groups in total. The zero-order valence-corrected chi connectivity index (χ0v) is 37.5. The highest BCUT2D eigenvalue weighted by Gasteiger charge is 2.43. The zero-order valence-electron chi connectivity index (χ0n) is 37.5. The highest BCUT2D eigenvalue weighted by atomic mass is 16.5. The number of ether oxygens (including phenoxy) is 1. The summed E-state index contributed by atoms with van der Waals surface area (Å²) < 4.78 is 6.23. The van der Waals surface area contributed by atoms with Crippen LogP contribution in [0, 0.1) is 29.1 Å². The van der Waals surface area contributed by atoms with Gasteiger partial charge in [0.1, 0.15) is 12.1 Å². The molecule has 0 saturated heterocycles. The number of aliphatic hydroxyl groups is 2. The molecule has 330 valence electrons. The summed E-state index contributed by atoms with van der Waals surface area (Å²) in [6.07, 6.45) is 34.2. The molecule has 0 fully saturated rings. The smallest absolute Gasteiger partial charge is 0.320 e. The molecule has 0 aromatic rings. The van der Waals surface area contributed by atoms with Crippen LogP contribution in [-0.4, -0.2) is 71.2 Å². The van der Waals surface area contributed by atoms with Gasteiger partial charge in [0.05, 0.1) is 17.6 Å². The van der Waals surface area contributed by atoms with Crippen molar-refractivity contribution in [1.29, 1.82) is 0 Å². The third-order valence-corrected chi connectivity index (χ3v) is 12.8. The van der Waals surface area contributed by atoms with E-state index in [0.29, 0.717) is 31.7 Å². The van der Waals surface area contributed by atoms with E-state index in [1.165, 1.54) is 95.5 Å². The van der Waals surface area contributed by atoms with Crippen LogP contribution in [0.15, 0.2) is 36.0 Å². The lowest BCUT2D eigenvalue weighted by molar-refractivity contribution is -0.164. The van der Waals surface area contributed by atoms with Crippen molar-refractivity contribution in [2.45, 2.75) is 214 Å². The molecule has 2 aliphatic carbocycles. The maximum atomic E-state index is 13.1. The Bertz CT molecular complexity index is 1170. The first-order valence-electron chi connectivity index (χ1n) is 23.7. The topological polar surface area (TPSA) is 128 Å². The lowest BCUT2D eigenvalue weighted by Crippen LogP contribution is -2.43. The molecule has 8 atom stereocenters. The van der Waals surface area contributed by atoms with Crippen LogP contribution >= 0.6 is 0 Å². The Kier molecular flexibility index (Phi) is 27.0. The molecular weight excluding hydrogens is 713 g/mol. The number of carbonyl (C=O) groups is 2. The molecular formula is C49H88N2O6. The van der Waals surface area contributed by atoms with Crippen molar-refractivity contribution >= 4 is 11.9 Å². The molecule has 0 amide bonds. The third kappa shape index (κ3) is 21.7. The standard InChI is InChI=1S/C49H88N2O6/c1-7-9-10-11-12-13-14-15-16-17-18-19-20-21-22-24-32-50-33-25-23-26-44(47(54)55)51-34-31-42(53)37-41(52)29-30-43-39(4)27-28-40-35-38(3)36-45(46(40)43)57-48(56)49(5,6)8-2/h15-16,27-28,35,38-39,41-46,50-53H,7-14,17-26,29-34,36-37H2,1-6H3,(H,54,55)/b16-15-/t38-,39-,41-,42+,43-,44?,45?,46?/m0/s1. The number of carboxylic acid groups (broad SMARTS) is 1. The van der Waals surface area contributed by atoms with E-state index in [1.54, 1.807) is 0 Å². The van der Waals surface area contributed by atoms with Gasteiger partial charge in [0.25, 0.3) is 0 Å². The number of carbonyl (C=O) groups excluding carboxylic acids is 1. The highest BCUT2D eigenvalue weighted by molar-refractivity contribution is 5.76. The van der Waals surface area contributed by atoms with Crippen molar-refractivity contribution in [1.82, 2.24) is 10.6 Å². The number of fused-ring (bicyclic) bond motifs is 1. The Morgan fingerprint density at radius 3 is 2.05 bits per heavy atom. The van der Waals surface area contributed by atoms with E-state index in [4.69, 9.17) is 4.74 Å². The van der Waals surface area contributed by atoms with Crippen molar-refractivity contribution in [2.75, 3.05) is 19.6 Å². The molecule has 2 rings (SSSR count). The van der Waals surface area contributed by atoms with Crippen LogP contribution in [-0.2, 0) is 14.3 Å². The summed E-state index contributed by atoms with van der Waals surface area (Å²) in [7, 11) is 0. The van der Waals surface area contributed by atoms with Crippen LogP contribution in [0.4, 0.5) is 0 Å². The summed E-state index contributed by atoms with van der Waals surface area (Å²) in [4.78, 5) is 25.0. The zero-order chi connectivity index (χ0) is 41.9. The van der Waals surface area contributed by atoms with Gasteiger partial charge in [0, 0.05) is 5.92 Å². The van der Waals surface area contributed by atoms with Crippen molar-refractivity contribution in [3.05, 3.63) is 36.0 Å². The van der Waals surface area contributed by atoms with E-state index >= 15 is 0 Å². The minimum atomic E-state index is -0.856. The lowest BCUT2D eigenvalue weighted by Gasteiger charge is -2.44. The maximum Gasteiger partial charge on any atom is 0.320 e. The summed E-state index contributed by atoms with van der Waals surface area (Å²) in [6, 6.07) is -0.635. The quantitative estimate of drug-likeness (QED) is 0.0247. The van der Waals surface area contributed by atoms with Crippen LogP contribution in [0.1, 0.15) is 189 Å². The summed E-state index contributed by atoms with van der Waals surface area (Å²) >= 11 is 0. The van der Waals surface area contributed by atoms with E-state index < -0.39 is 29.6 Å². The Balaban J connectivity index is 1.55. The number of unbranched alkanes of at least 4 members (excludes halogenated alkanes) is 13. The predicted molar refractivity (Wildman–Crippen MR) is 237 cm³/mol. The van der Waals surface area contributed by atoms with Crippen molar-refractivity contribution < 1.29 is 29.6 Å². The number of allylic oxidation sites excluding steroid dienone is 5. The SMILES string of the molecule is CCCCCCCC/C=C\CCCCCCCCNCCCCC(NCC[C@@H](O)C[C@@H](O)CC[C@@H]1C2C(=C[C@H](C)CC2OC(=O)C(C)(C)CC)C=C[C@@H]1C)C(=O)O. The molecule has 2 aliphatic rings. The fourth-order valence-electron chi connectivity index (χ4n) is 8.56. The van der Waals surface area contributed by atoms with Crippen LogP contribution in [0.5, 0.6) is 0 Å². The average Bonchev–Trinajstić information content (AvgIpc) is 3.17. The largest absolute Gasteiger partial charge is 0.480 e.